The molecule has 0 spiro atoms. The number of hydrogen-bond donors (Lipinski definition) is 3. The van der Waals surface area contributed by atoms with Crippen LogP contribution in [0.1, 0.15) is 0 Å². The minimum absolute atomic E-state index is 0.811. The molecule has 0 aliphatic rings. The molecule has 19 heavy (non-hydrogen) atoms. The fourth-order valence-corrected chi connectivity index (χ4v) is 2.72. The molecule has 2 rings (SSSR count). The summed E-state index contributed by atoms with van der Waals surface area (Å²) in [5.74, 6) is 0. The van der Waals surface area contributed by atoms with Gasteiger partial charge in [-0.05, 0) is 24.3 Å². The molecule has 0 bridgehead atoms. The third-order valence-corrected chi connectivity index (χ3v) is 3.58. The molecule has 8 nitrogen and oxygen atoms in total. The Balaban J connectivity index is 0.000000300. The highest BCUT2D eigenvalue weighted by Crippen LogP contribution is 2.16. The van der Waals surface area contributed by atoms with Crippen molar-refractivity contribution in [2.45, 2.75) is 9.92 Å². The van der Waals surface area contributed by atoms with Gasteiger partial charge in [-0.2, -0.15) is 16.8 Å². The summed E-state index contributed by atoms with van der Waals surface area (Å²) >= 11 is 0. The van der Waals surface area contributed by atoms with E-state index in [4.69, 9.17) is 9.11 Å². The van der Waals surface area contributed by atoms with Crippen LogP contribution in [0.3, 0.4) is 0 Å². The molecule has 3 N–H and O–H groups in total. The van der Waals surface area contributed by atoms with Gasteiger partial charge >= 0.3 is 10.1 Å². The highest BCUT2D eigenvalue weighted by Gasteiger charge is 2.24. The number of nitrogens with zero attached hydrogens (tertiary/aromatic N) is 1. The summed E-state index contributed by atoms with van der Waals surface area (Å²) < 4.78 is 59.7. The van der Waals surface area contributed by atoms with Crippen molar-refractivity contribution in [2.75, 3.05) is 0 Å². The molecule has 2 heterocycles. The lowest BCUT2D eigenvalue weighted by molar-refractivity contribution is 0.462. The smallest absolute Gasteiger partial charge is 0.313 e. The molecule has 0 aromatic carbocycles. The summed E-state index contributed by atoms with van der Waals surface area (Å²) in [6.07, 6.45) is 4.72. The summed E-state index contributed by atoms with van der Waals surface area (Å²) in [6, 6.07) is 5.81. The lowest BCUT2D eigenvalue weighted by atomic mass is 10.5. The molecular weight excluding hydrogens is 296 g/mol. The Hall–Kier alpha value is -1.75. The average Bonchev–Trinajstić information content (AvgIpc) is 2.85. The van der Waals surface area contributed by atoms with Gasteiger partial charge in [0.2, 0.25) is 5.03 Å². The Morgan fingerprint density at radius 1 is 0.947 bits per heavy atom. The van der Waals surface area contributed by atoms with Gasteiger partial charge in [-0.25, -0.2) is 4.98 Å². The van der Waals surface area contributed by atoms with Crippen LogP contribution in [0.15, 0.2) is 52.8 Å². The number of hydrogen-bond acceptors (Lipinski definition) is 5. The zero-order valence-corrected chi connectivity index (χ0v) is 11.0. The van der Waals surface area contributed by atoms with E-state index in [9.17, 15) is 16.8 Å². The van der Waals surface area contributed by atoms with Gasteiger partial charge in [0.1, 0.15) is 4.90 Å². The second-order valence-corrected chi connectivity index (χ2v) is 5.87. The Labute approximate surface area is 109 Å². The van der Waals surface area contributed by atoms with Crippen LogP contribution in [0.5, 0.6) is 0 Å². The highest BCUT2D eigenvalue weighted by atomic mass is 32.2. The van der Waals surface area contributed by atoms with Gasteiger partial charge in [0.25, 0.3) is 10.1 Å². The van der Waals surface area contributed by atoms with Gasteiger partial charge in [-0.3, -0.25) is 9.11 Å². The van der Waals surface area contributed by atoms with E-state index in [0.29, 0.717) is 0 Å². The average molecular weight is 306 g/mol. The predicted molar refractivity (Wildman–Crippen MR) is 64.7 cm³/mol. The van der Waals surface area contributed by atoms with Gasteiger partial charge in [0.15, 0.2) is 0 Å². The van der Waals surface area contributed by atoms with Crippen LogP contribution in [0.4, 0.5) is 0 Å². The van der Waals surface area contributed by atoms with E-state index in [0.717, 1.165) is 18.3 Å². The summed E-state index contributed by atoms with van der Waals surface area (Å²) in [5.41, 5.74) is 0. The molecule has 0 fully saturated rings. The first-order valence-corrected chi connectivity index (χ1v) is 7.58. The molecular formula is C9H10N2O6S2. The number of aromatic nitrogens is 2. The first-order valence-electron chi connectivity index (χ1n) is 4.70. The Morgan fingerprint density at radius 2 is 1.53 bits per heavy atom. The van der Waals surface area contributed by atoms with Crippen LogP contribution in [0, 0.1) is 0 Å². The number of aromatic amines is 1. The van der Waals surface area contributed by atoms with Gasteiger partial charge in [0.05, 0.1) is 0 Å². The van der Waals surface area contributed by atoms with Gasteiger partial charge in [0, 0.05) is 18.6 Å². The molecule has 2 aromatic heterocycles. The van der Waals surface area contributed by atoms with Crippen molar-refractivity contribution in [1.82, 2.24) is 9.97 Å². The van der Waals surface area contributed by atoms with Crippen LogP contribution in [-0.2, 0) is 20.2 Å². The van der Waals surface area contributed by atoms with Crippen LogP contribution < -0.4 is 0 Å². The minimum Gasteiger partial charge on any atom is -0.368 e. The second kappa shape index (κ2) is 5.93. The SMILES string of the molecule is O=S(=O)(O)c1cccnc1S(=O)(=O)O.c1cc[nH]c1. The van der Waals surface area contributed by atoms with Crippen molar-refractivity contribution < 1.29 is 25.9 Å². The maximum absolute atomic E-state index is 10.6. The zero-order chi connectivity index (χ0) is 14.5. The highest BCUT2D eigenvalue weighted by molar-refractivity contribution is 7.89. The van der Waals surface area contributed by atoms with Gasteiger partial charge in [-0.15, -0.1) is 0 Å². The normalized spacial score (nSPS) is 11.5. The standard InChI is InChI=1S/C5H5NO6S2.C4H5N/c7-13(8,9)4-2-1-3-6-5(4)14(10,11)12;1-2-4-5-3-1/h1-3H,(H,7,8,9)(H,10,11,12);1-5H. The van der Waals surface area contributed by atoms with Crippen molar-refractivity contribution in [2.24, 2.45) is 0 Å². The maximum Gasteiger partial charge on any atom is 0.313 e. The van der Waals surface area contributed by atoms with Crippen molar-refractivity contribution in [1.29, 1.82) is 0 Å². The molecule has 0 aliphatic carbocycles. The van der Waals surface area contributed by atoms with Crippen molar-refractivity contribution in [3.8, 4) is 0 Å². The van der Waals surface area contributed by atoms with Crippen LogP contribution in [-0.4, -0.2) is 35.9 Å². The van der Waals surface area contributed by atoms with E-state index >= 15 is 0 Å². The minimum atomic E-state index is -4.77. The molecule has 0 amide bonds. The fraction of sp³-hybridized carbons (Fsp3) is 0. The lowest BCUT2D eigenvalue weighted by Crippen LogP contribution is -2.09. The molecule has 0 saturated carbocycles. The third-order valence-electron chi connectivity index (χ3n) is 1.75. The summed E-state index contributed by atoms with van der Waals surface area (Å²) in [4.78, 5) is 5.04. The second-order valence-electron chi connectivity index (χ2n) is 3.14. The van der Waals surface area contributed by atoms with E-state index in [1.54, 1.807) is 0 Å². The molecule has 0 radical (unpaired) electrons. The van der Waals surface area contributed by atoms with Crippen molar-refractivity contribution >= 4 is 20.2 Å². The molecule has 0 saturated heterocycles. The van der Waals surface area contributed by atoms with Crippen LogP contribution >= 0.6 is 0 Å². The van der Waals surface area contributed by atoms with E-state index in [1.165, 1.54) is 0 Å². The molecule has 2 aromatic rings. The third kappa shape index (κ3) is 4.79. The van der Waals surface area contributed by atoms with E-state index in [1.807, 2.05) is 24.5 Å². The Bertz CT molecular complexity index is 654. The van der Waals surface area contributed by atoms with Crippen LogP contribution in [0.2, 0.25) is 0 Å². The number of nitrogens with one attached hydrogen (secondary N) is 1. The topological polar surface area (TPSA) is 137 Å². The van der Waals surface area contributed by atoms with Gasteiger partial charge < -0.3 is 4.98 Å². The quantitative estimate of drug-likeness (QED) is 0.690. The maximum atomic E-state index is 10.6. The largest absolute Gasteiger partial charge is 0.368 e. The van der Waals surface area contributed by atoms with Crippen molar-refractivity contribution in [3.63, 3.8) is 0 Å². The number of pyridine rings is 1. The molecule has 10 heteroatoms. The number of rotatable bonds is 2. The first-order chi connectivity index (χ1) is 8.73. The van der Waals surface area contributed by atoms with E-state index in [-0.39, 0.29) is 0 Å². The molecule has 0 unspecified atom stereocenters. The molecule has 0 aliphatic heterocycles. The Kier molecular flexibility index (Phi) is 4.78. The number of H-pyrrole nitrogens is 1. The van der Waals surface area contributed by atoms with Crippen molar-refractivity contribution in [3.05, 3.63) is 42.9 Å². The predicted octanol–water partition coefficient (Wildman–Crippen LogP) is 0.590. The molecule has 104 valence electrons. The zero-order valence-electron chi connectivity index (χ0n) is 9.33. The van der Waals surface area contributed by atoms with Crippen LogP contribution in [0.25, 0.3) is 0 Å². The fourth-order valence-electron chi connectivity index (χ4n) is 1.04. The van der Waals surface area contributed by atoms with Gasteiger partial charge in [-0.1, -0.05) is 0 Å². The van der Waals surface area contributed by atoms with E-state index in [2.05, 4.69) is 9.97 Å². The monoisotopic (exact) mass is 306 g/mol. The Morgan fingerprint density at radius 3 is 1.84 bits per heavy atom. The lowest BCUT2D eigenvalue weighted by Gasteiger charge is -2.01. The first kappa shape index (κ1) is 15.3. The summed E-state index contributed by atoms with van der Waals surface area (Å²) in [5, 5.41) is -1.09. The van der Waals surface area contributed by atoms with E-state index < -0.39 is 30.2 Å². The summed E-state index contributed by atoms with van der Waals surface area (Å²) in [6.45, 7) is 0. The molecule has 0 atom stereocenters. The summed E-state index contributed by atoms with van der Waals surface area (Å²) in [7, 11) is -9.49.